The smallest absolute Gasteiger partial charge is 0.307 e. The van der Waals surface area contributed by atoms with E-state index in [9.17, 15) is 30.4 Å². The van der Waals surface area contributed by atoms with Crippen LogP contribution in [-0.4, -0.2) is 39.6 Å². The van der Waals surface area contributed by atoms with E-state index in [-0.39, 0.29) is 34.2 Å². The molecule has 1 aromatic carbocycles. The third kappa shape index (κ3) is 2.47. The van der Waals surface area contributed by atoms with Gasteiger partial charge in [0.15, 0.2) is 0 Å². The van der Waals surface area contributed by atoms with E-state index >= 15 is 0 Å². The Morgan fingerprint density at radius 3 is 1.50 bits per heavy atom. The zero-order valence-corrected chi connectivity index (χ0v) is 11.7. The molecule has 24 heavy (non-hydrogen) atoms. The van der Waals surface area contributed by atoms with Gasteiger partial charge in [0.2, 0.25) is 0 Å². The topological polar surface area (TPSA) is 162 Å². The van der Waals surface area contributed by atoms with Crippen LogP contribution in [0.25, 0.3) is 11.4 Å². The highest BCUT2D eigenvalue weighted by Gasteiger charge is 2.18. The summed E-state index contributed by atoms with van der Waals surface area (Å²) in [7, 11) is 0. The molecule has 12 heteroatoms. The number of phenols is 2. The molecule has 0 fully saturated rings. The standard InChI is InChI=1S/C12H8N6O6/c19-11-1-9(15-5-7(3-13-15)17(21)22)12(20)2-10(11)16-6-8(4-14-16)18(23)24/h1-6,19-20H. The molecule has 0 radical (unpaired) electrons. The predicted molar refractivity (Wildman–Crippen MR) is 77.3 cm³/mol. The number of aromatic nitrogens is 4. The molecule has 0 saturated heterocycles. The van der Waals surface area contributed by atoms with Crippen LogP contribution < -0.4 is 0 Å². The Bertz CT molecular complexity index is 883. The highest BCUT2D eigenvalue weighted by Crippen LogP contribution is 2.33. The zero-order valence-electron chi connectivity index (χ0n) is 11.7. The van der Waals surface area contributed by atoms with Gasteiger partial charge in [-0.3, -0.25) is 20.2 Å². The number of hydrogen-bond donors (Lipinski definition) is 2. The van der Waals surface area contributed by atoms with Crippen molar-refractivity contribution in [3.05, 3.63) is 57.1 Å². The lowest BCUT2D eigenvalue weighted by Crippen LogP contribution is -1.99. The lowest BCUT2D eigenvalue weighted by atomic mass is 10.2. The van der Waals surface area contributed by atoms with Crippen molar-refractivity contribution in [1.29, 1.82) is 0 Å². The van der Waals surface area contributed by atoms with E-state index in [2.05, 4.69) is 10.2 Å². The summed E-state index contributed by atoms with van der Waals surface area (Å²) in [5, 5.41) is 49.0. The first-order valence-corrected chi connectivity index (χ1v) is 6.31. The minimum atomic E-state index is -0.655. The van der Waals surface area contributed by atoms with Crippen molar-refractivity contribution in [2.75, 3.05) is 0 Å². The van der Waals surface area contributed by atoms with Gasteiger partial charge in [-0.2, -0.15) is 10.2 Å². The molecule has 0 aliphatic carbocycles. The van der Waals surface area contributed by atoms with Crippen molar-refractivity contribution >= 4 is 11.4 Å². The molecule has 2 heterocycles. The van der Waals surface area contributed by atoms with Crippen LogP contribution in [-0.2, 0) is 0 Å². The Labute approximate surface area is 132 Å². The molecule has 122 valence electrons. The highest BCUT2D eigenvalue weighted by molar-refractivity contribution is 5.60. The molecule has 2 aromatic heterocycles. The molecule has 0 atom stereocenters. The van der Waals surface area contributed by atoms with Crippen LogP contribution in [0.1, 0.15) is 0 Å². The lowest BCUT2D eigenvalue weighted by molar-refractivity contribution is -0.385. The van der Waals surface area contributed by atoms with Crippen LogP contribution in [0.15, 0.2) is 36.9 Å². The fraction of sp³-hybridized carbons (Fsp3) is 0. The quantitative estimate of drug-likeness (QED) is 0.410. The normalized spacial score (nSPS) is 10.7. The van der Waals surface area contributed by atoms with Gasteiger partial charge in [0, 0.05) is 12.1 Å². The summed E-state index contributed by atoms with van der Waals surface area (Å²) in [5.41, 5.74) is -0.599. The molecule has 3 aromatic rings. The molecule has 0 amide bonds. The summed E-state index contributed by atoms with van der Waals surface area (Å²) in [6, 6.07) is 2.21. The Balaban J connectivity index is 2.04. The van der Waals surface area contributed by atoms with Gasteiger partial charge in [0.05, 0.1) is 9.85 Å². The van der Waals surface area contributed by atoms with Gasteiger partial charge in [-0.15, -0.1) is 0 Å². The number of aromatic hydroxyl groups is 2. The van der Waals surface area contributed by atoms with Crippen molar-refractivity contribution in [3.8, 4) is 22.9 Å². The van der Waals surface area contributed by atoms with Crippen molar-refractivity contribution in [2.45, 2.75) is 0 Å². The molecule has 0 aliphatic heterocycles. The lowest BCUT2D eigenvalue weighted by Gasteiger charge is -2.09. The summed E-state index contributed by atoms with van der Waals surface area (Å²) in [6.07, 6.45) is 4.10. The fourth-order valence-electron chi connectivity index (χ4n) is 2.00. The van der Waals surface area contributed by atoms with Gasteiger partial charge in [-0.25, -0.2) is 9.36 Å². The molecule has 0 bridgehead atoms. The van der Waals surface area contributed by atoms with Crippen molar-refractivity contribution in [2.24, 2.45) is 0 Å². The van der Waals surface area contributed by atoms with E-state index in [1.165, 1.54) is 0 Å². The first-order chi connectivity index (χ1) is 11.4. The van der Waals surface area contributed by atoms with Gasteiger partial charge in [0.1, 0.15) is 47.7 Å². The average molecular weight is 332 g/mol. The van der Waals surface area contributed by atoms with E-state index in [1.54, 1.807) is 0 Å². The van der Waals surface area contributed by atoms with Crippen LogP contribution in [0.3, 0.4) is 0 Å². The highest BCUT2D eigenvalue weighted by atomic mass is 16.6. The van der Waals surface area contributed by atoms with E-state index in [1.807, 2.05) is 0 Å². The van der Waals surface area contributed by atoms with Gasteiger partial charge >= 0.3 is 11.4 Å². The predicted octanol–water partition coefficient (Wildman–Crippen LogP) is 1.29. The molecule has 0 unspecified atom stereocenters. The molecule has 2 N–H and O–H groups in total. The summed E-state index contributed by atoms with van der Waals surface area (Å²) in [4.78, 5) is 20.0. The monoisotopic (exact) mass is 332 g/mol. The Morgan fingerprint density at radius 1 is 0.833 bits per heavy atom. The van der Waals surface area contributed by atoms with Crippen molar-refractivity contribution in [3.63, 3.8) is 0 Å². The van der Waals surface area contributed by atoms with Gasteiger partial charge in [-0.05, 0) is 0 Å². The maximum atomic E-state index is 10.7. The maximum Gasteiger partial charge on any atom is 0.307 e. The minimum Gasteiger partial charge on any atom is -0.506 e. The summed E-state index contributed by atoms with van der Waals surface area (Å²) >= 11 is 0. The maximum absolute atomic E-state index is 10.7. The first-order valence-electron chi connectivity index (χ1n) is 6.31. The SMILES string of the molecule is O=[N+]([O-])c1cnn(-c2cc(O)c(-n3cc([N+](=O)[O-])cn3)cc2O)c1. The third-order valence-electron chi connectivity index (χ3n) is 3.12. The second-order valence-electron chi connectivity index (χ2n) is 4.63. The molecule has 0 saturated carbocycles. The average Bonchev–Trinajstić information content (AvgIpc) is 3.17. The number of nitro groups is 2. The number of rotatable bonds is 4. The molecular weight excluding hydrogens is 324 g/mol. The first kappa shape index (κ1) is 15.0. The van der Waals surface area contributed by atoms with Gasteiger partial charge in [0.25, 0.3) is 0 Å². The van der Waals surface area contributed by atoms with Crippen molar-refractivity contribution < 1.29 is 20.1 Å². The summed E-state index contributed by atoms with van der Waals surface area (Å²) in [5.74, 6) is -0.724. The van der Waals surface area contributed by atoms with Crippen LogP contribution in [0.5, 0.6) is 11.5 Å². The van der Waals surface area contributed by atoms with Crippen LogP contribution in [0, 0.1) is 20.2 Å². The number of benzene rings is 1. The van der Waals surface area contributed by atoms with E-state index in [0.29, 0.717) is 0 Å². The van der Waals surface area contributed by atoms with Crippen LogP contribution in [0.4, 0.5) is 11.4 Å². The van der Waals surface area contributed by atoms with Gasteiger partial charge < -0.3 is 10.2 Å². The molecule has 12 nitrogen and oxygen atoms in total. The van der Waals surface area contributed by atoms with E-state index in [4.69, 9.17) is 0 Å². The van der Waals surface area contributed by atoms with E-state index < -0.39 is 9.85 Å². The largest absolute Gasteiger partial charge is 0.506 e. The van der Waals surface area contributed by atoms with E-state index in [0.717, 1.165) is 46.3 Å². The van der Waals surface area contributed by atoms with Crippen molar-refractivity contribution in [1.82, 2.24) is 19.6 Å². The number of phenolic OH excluding ortho intramolecular Hbond substituents is 2. The minimum absolute atomic E-state index is 0.00833. The number of hydrogen-bond acceptors (Lipinski definition) is 8. The van der Waals surface area contributed by atoms with Crippen LogP contribution in [0.2, 0.25) is 0 Å². The second kappa shape index (κ2) is 5.35. The molecular formula is C12H8N6O6. The Morgan fingerprint density at radius 2 is 1.21 bits per heavy atom. The van der Waals surface area contributed by atoms with Crippen LogP contribution >= 0.6 is 0 Å². The third-order valence-corrected chi connectivity index (χ3v) is 3.12. The zero-order chi connectivity index (χ0) is 17.4. The van der Waals surface area contributed by atoms with Gasteiger partial charge in [-0.1, -0.05) is 0 Å². The Kier molecular flexibility index (Phi) is 3.33. The second-order valence-corrected chi connectivity index (χ2v) is 4.63. The number of nitrogens with zero attached hydrogens (tertiary/aromatic N) is 6. The fourth-order valence-corrected chi connectivity index (χ4v) is 2.00. The summed E-state index contributed by atoms with van der Waals surface area (Å²) in [6.45, 7) is 0. The molecule has 0 aliphatic rings. The Hall–Kier alpha value is -3.96. The summed E-state index contributed by atoms with van der Waals surface area (Å²) < 4.78 is 2.03. The molecule has 0 spiro atoms. The molecule has 3 rings (SSSR count).